The molecule has 0 aliphatic carbocycles. The van der Waals surface area contributed by atoms with Gasteiger partial charge in [0.25, 0.3) is 5.91 Å². The first kappa shape index (κ1) is 18.4. The highest BCUT2D eigenvalue weighted by Crippen LogP contribution is 2.37. The first-order valence-electron chi connectivity index (χ1n) is 10.2. The summed E-state index contributed by atoms with van der Waals surface area (Å²) in [5.41, 5.74) is 0.305. The first-order valence-corrected chi connectivity index (χ1v) is 10.2. The Morgan fingerprint density at radius 1 is 1.04 bits per heavy atom. The van der Waals surface area contributed by atoms with E-state index in [2.05, 4.69) is 34.7 Å². The molecule has 3 heterocycles. The number of piperidine rings is 2. The quantitative estimate of drug-likeness (QED) is 0.791. The van der Waals surface area contributed by atoms with E-state index in [4.69, 9.17) is 0 Å². The molecular formula is C21H30N4O2. The van der Waals surface area contributed by atoms with E-state index in [-0.39, 0.29) is 23.9 Å². The summed E-state index contributed by atoms with van der Waals surface area (Å²) >= 11 is 0. The van der Waals surface area contributed by atoms with E-state index in [1.807, 2.05) is 18.2 Å². The van der Waals surface area contributed by atoms with Crippen molar-refractivity contribution in [3.8, 4) is 0 Å². The molecule has 6 heteroatoms. The Labute approximate surface area is 161 Å². The van der Waals surface area contributed by atoms with E-state index < -0.39 is 5.54 Å². The molecule has 6 nitrogen and oxygen atoms in total. The lowest BCUT2D eigenvalue weighted by Gasteiger charge is -2.39. The Balaban J connectivity index is 1.63. The van der Waals surface area contributed by atoms with Crippen molar-refractivity contribution < 1.29 is 9.59 Å². The van der Waals surface area contributed by atoms with Crippen molar-refractivity contribution in [2.45, 2.75) is 43.7 Å². The Bertz CT molecular complexity index is 681. The highest BCUT2D eigenvalue weighted by atomic mass is 16.2. The number of rotatable bonds is 4. The number of carbonyl (C=O) groups is 2. The van der Waals surface area contributed by atoms with E-state index in [1.165, 1.54) is 0 Å². The fraction of sp³-hybridized carbons (Fsp3) is 0.619. The van der Waals surface area contributed by atoms with Crippen LogP contribution in [0.25, 0.3) is 0 Å². The van der Waals surface area contributed by atoms with Crippen LogP contribution in [0.3, 0.4) is 0 Å². The lowest BCUT2D eigenvalue weighted by molar-refractivity contribution is -0.135. The molecule has 3 amide bonds. The summed E-state index contributed by atoms with van der Waals surface area (Å²) in [7, 11) is 2.09. The van der Waals surface area contributed by atoms with Crippen molar-refractivity contribution in [3.05, 3.63) is 35.9 Å². The number of urea groups is 1. The summed E-state index contributed by atoms with van der Waals surface area (Å²) in [5.74, 6) is 0.171. The molecule has 0 bridgehead atoms. The lowest BCUT2D eigenvalue weighted by Crippen LogP contribution is -2.58. The molecule has 3 aliphatic heterocycles. The van der Waals surface area contributed by atoms with Crippen LogP contribution < -0.4 is 10.6 Å². The van der Waals surface area contributed by atoms with Gasteiger partial charge in [-0.3, -0.25) is 9.69 Å². The van der Waals surface area contributed by atoms with Crippen LogP contribution in [0.4, 0.5) is 4.79 Å². The SMILES string of the molecule is CN1CCC(N2C(=O)N[C@@](Cc3ccccc3)(C3CCNCC3)C2=O)CC1. The van der Waals surface area contributed by atoms with Crippen LogP contribution in [-0.4, -0.2) is 66.5 Å². The Morgan fingerprint density at radius 2 is 1.70 bits per heavy atom. The Kier molecular flexibility index (Phi) is 5.19. The molecule has 0 saturated carbocycles. The average molecular weight is 370 g/mol. The van der Waals surface area contributed by atoms with E-state index in [1.54, 1.807) is 4.90 Å². The molecule has 0 aromatic heterocycles. The van der Waals surface area contributed by atoms with Crippen LogP contribution in [0.1, 0.15) is 31.2 Å². The Hall–Kier alpha value is -1.92. The molecule has 1 atom stereocenters. The highest BCUT2D eigenvalue weighted by Gasteiger charge is 2.57. The highest BCUT2D eigenvalue weighted by molar-refractivity contribution is 6.07. The van der Waals surface area contributed by atoms with Gasteiger partial charge in [0.15, 0.2) is 0 Å². The van der Waals surface area contributed by atoms with Gasteiger partial charge in [-0.2, -0.15) is 0 Å². The summed E-state index contributed by atoms with van der Waals surface area (Å²) in [6.45, 7) is 3.67. The number of likely N-dealkylation sites (tertiary alicyclic amines) is 1. The van der Waals surface area contributed by atoms with Crippen molar-refractivity contribution in [1.82, 2.24) is 20.4 Å². The number of nitrogens with one attached hydrogen (secondary N) is 2. The van der Waals surface area contributed by atoms with E-state index in [9.17, 15) is 9.59 Å². The van der Waals surface area contributed by atoms with Crippen molar-refractivity contribution in [1.29, 1.82) is 0 Å². The van der Waals surface area contributed by atoms with Gasteiger partial charge in [-0.15, -0.1) is 0 Å². The van der Waals surface area contributed by atoms with Gasteiger partial charge >= 0.3 is 6.03 Å². The maximum Gasteiger partial charge on any atom is 0.325 e. The lowest BCUT2D eigenvalue weighted by atomic mass is 9.74. The third-order valence-corrected chi connectivity index (χ3v) is 6.56. The minimum Gasteiger partial charge on any atom is -0.322 e. The van der Waals surface area contributed by atoms with E-state index >= 15 is 0 Å². The van der Waals surface area contributed by atoms with Crippen LogP contribution in [0.5, 0.6) is 0 Å². The topological polar surface area (TPSA) is 64.7 Å². The van der Waals surface area contributed by atoms with Gasteiger partial charge in [-0.1, -0.05) is 30.3 Å². The van der Waals surface area contributed by atoms with Gasteiger partial charge in [0.05, 0.1) is 0 Å². The standard InChI is InChI=1S/C21H30N4O2/c1-24-13-9-18(10-14-24)25-19(26)21(23-20(25)27,17-7-11-22-12-8-17)15-16-5-3-2-4-6-16/h2-6,17-18,22H,7-15H2,1H3,(H,23,27)/t21-/m0/s1. The molecular weight excluding hydrogens is 340 g/mol. The summed E-state index contributed by atoms with van der Waals surface area (Å²) in [4.78, 5) is 30.5. The van der Waals surface area contributed by atoms with Gasteiger partial charge in [0.2, 0.25) is 0 Å². The number of hydrogen-bond acceptors (Lipinski definition) is 4. The van der Waals surface area contributed by atoms with E-state index in [0.29, 0.717) is 6.42 Å². The summed E-state index contributed by atoms with van der Waals surface area (Å²) in [6, 6.07) is 9.93. The van der Waals surface area contributed by atoms with Gasteiger partial charge in [0.1, 0.15) is 5.54 Å². The molecule has 27 heavy (non-hydrogen) atoms. The molecule has 3 saturated heterocycles. The van der Waals surface area contributed by atoms with Gasteiger partial charge < -0.3 is 15.5 Å². The summed E-state index contributed by atoms with van der Waals surface area (Å²) in [5, 5.41) is 6.57. The molecule has 146 valence electrons. The van der Waals surface area contributed by atoms with Crippen molar-refractivity contribution in [2.75, 3.05) is 33.2 Å². The molecule has 2 N–H and O–H groups in total. The molecule has 0 unspecified atom stereocenters. The Morgan fingerprint density at radius 3 is 2.37 bits per heavy atom. The van der Waals surface area contributed by atoms with Gasteiger partial charge in [0, 0.05) is 12.5 Å². The number of carbonyl (C=O) groups excluding carboxylic acids is 2. The third-order valence-electron chi connectivity index (χ3n) is 6.56. The zero-order valence-electron chi connectivity index (χ0n) is 16.1. The normalized spacial score (nSPS) is 28.6. The fourth-order valence-corrected chi connectivity index (χ4v) is 4.97. The fourth-order valence-electron chi connectivity index (χ4n) is 4.97. The molecule has 3 fully saturated rings. The monoisotopic (exact) mass is 370 g/mol. The van der Waals surface area contributed by atoms with Crippen LogP contribution >= 0.6 is 0 Å². The molecule has 4 rings (SSSR count). The number of benzene rings is 1. The number of nitrogens with zero attached hydrogens (tertiary/aromatic N) is 2. The molecule has 3 aliphatic rings. The van der Waals surface area contributed by atoms with Crippen LogP contribution in [0.2, 0.25) is 0 Å². The molecule has 1 aromatic rings. The van der Waals surface area contributed by atoms with Crippen LogP contribution in [0.15, 0.2) is 30.3 Å². The second-order valence-corrected chi connectivity index (χ2v) is 8.30. The predicted octanol–water partition coefficient (Wildman–Crippen LogP) is 1.61. The maximum absolute atomic E-state index is 13.7. The van der Waals surface area contributed by atoms with Crippen molar-refractivity contribution in [3.63, 3.8) is 0 Å². The van der Waals surface area contributed by atoms with Gasteiger partial charge in [-0.05, 0) is 70.4 Å². The molecule has 1 aromatic carbocycles. The second-order valence-electron chi connectivity index (χ2n) is 8.30. The predicted molar refractivity (Wildman–Crippen MR) is 104 cm³/mol. The van der Waals surface area contributed by atoms with E-state index in [0.717, 1.165) is 57.4 Å². The average Bonchev–Trinajstić information content (AvgIpc) is 2.95. The number of amides is 3. The summed E-state index contributed by atoms with van der Waals surface area (Å²) < 4.78 is 0. The smallest absolute Gasteiger partial charge is 0.322 e. The molecule has 0 spiro atoms. The first-order chi connectivity index (χ1) is 13.1. The van der Waals surface area contributed by atoms with Gasteiger partial charge in [-0.25, -0.2) is 4.79 Å². The zero-order valence-corrected chi connectivity index (χ0v) is 16.1. The van der Waals surface area contributed by atoms with Crippen LogP contribution in [0, 0.1) is 5.92 Å². The second kappa shape index (κ2) is 7.60. The number of hydrogen-bond donors (Lipinski definition) is 2. The number of imide groups is 1. The minimum atomic E-state index is -0.802. The maximum atomic E-state index is 13.7. The largest absolute Gasteiger partial charge is 0.325 e. The van der Waals surface area contributed by atoms with Crippen molar-refractivity contribution >= 4 is 11.9 Å². The zero-order chi connectivity index (χ0) is 18.9. The minimum absolute atomic E-state index is 0.00203. The molecule has 0 radical (unpaired) electrons. The van der Waals surface area contributed by atoms with Crippen molar-refractivity contribution in [2.24, 2.45) is 5.92 Å². The third kappa shape index (κ3) is 3.48. The summed E-state index contributed by atoms with van der Waals surface area (Å²) in [6.07, 6.45) is 4.14. The van der Waals surface area contributed by atoms with Crippen LogP contribution in [-0.2, 0) is 11.2 Å².